The molecule has 3 aromatic rings. The van der Waals surface area contributed by atoms with Gasteiger partial charge in [-0.1, -0.05) is 6.07 Å². The number of rotatable bonds is 7. The third-order valence-corrected chi connectivity index (χ3v) is 5.19. The van der Waals surface area contributed by atoms with E-state index >= 15 is 0 Å². The van der Waals surface area contributed by atoms with Crippen molar-refractivity contribution in [3.63, 3.8) is 0 Å². The van der Waals surface area contributed by atoms with Crippen molar-refractivity contribution in [1.29, 1.82) is 0 Å². The van der Waals surface area contributed by atoms with Gasteiger partial charge in [0.25, 0.3) is 0 Å². The second-order valence-electron chi connectivity index (χ2n) is 7.76. The molecular formula is C26H27NO4. The largest absolute Gasteiger partial charge is 0.486 e. The predicted octanol–water partition coefficient (Wildman–Crippen LogP) is 5.21. The van der Waals surface area contributed by atoms with E-state index in [9.17, 15) is 4.79 Å². The molecule has 5 heteroatoms. The van der Waals surface area contributed by atoms with Crippen molar-refractivity contribution in [2.75, 3.05) is 31.2 Å². The fraction of sp³-hybridized carbons (Fsp3) is 0.269. The highest BCUT2D eigenvalue weighted by Crippen LogP contribution is 2.20. The Labute approximate surface area is 182 Å². The van der Waals surface area contributed by atoms with Crippen LogP contribution >= 0.6 is 0 Å². The number of ether oxygens (including phenoxy) is 2. The van der Waals surface area contributed by atoms with Gasteiger partial charge >= 0.3 is 0 Å². The molecule has 1 aliphatic heterocycles. The second kappa shape index (κ2) is 9.67. The molecule has 0 atom stereocenters. The number of anilines is 1. The van der Waals surface area contributed by atoms with Crippen LogP contribution in [0.5, 0.6) is 5.75 Å². The van der Waals surface area contributed by atoms with Gasteiger partial charge in [0, 0.05) is 24.3 Å². The van der Waals surface area contributed by atoms with Gasteiger partial charge in [-0.3, -0.25) is 4.79 Å². The van der Waals surface area contributed by atoms with Crippen molar-refractivity contribution >= 4 is 17.5 Å². The summed E-state index contributed by atoms with van der Waals surface area (Å²) >= 11 is 0. The van der Waals surface area contributed by atoms with Crippen LogP contribution in [0.25, 0.3) is 6.08 Å². The average molecular weight is 418 g/mol. The molecule has 1 saturated heterocycles. The molecule has 1 fully saturated rings. The van der Waals surface area contributed by atoms with Crippen molar-refractivity contribution in [1.82, 2.24) is 0 Å². The number of allylic oxidation sites excluding steroid dienone is 1. The van der Waals surface area contributed by atoms with Gasteiger partial charge in [0.1, 0.15) is 23.9 Å². The Hall–Kier alpha value is -3.31. The summed E-state index contributed by atoms with van der Waals surface area (Å²) in [5.74, 6) is 2.10. The molecule has 0 radical (unpaired) electrons. The van der Waals surface area contributed by atoms with Crippen LogP contribution in [0.4, 0.5) is 5.69 Å². The molecule has 0 bridgehead atoms. The van der Waals surface area contributed by atoms with Crippen LogP contribution in [0.3, 0.4) is 0 Å². The first kappa shape index (κ1) is 20.9. The van der Waals surface area contributed by atoms with E-state index in [-0.39, 0.29) is 5.78 Å². The van der Waals surface area contributed by atoms with Gasteiger partial charge in [0.15, 0.2) is 5.78 Å². The molecule has 0 saturated carbocycles. The maximum atomic E-state index is 12.5. The van der Waals surface area contributed by atoms with Crippen LogP contribution in [0, 0.1) is 13.8 Å². The Balaban J connectivity index is 1.33. The zero-order valence-electron chi connectivity index (χ0n) is 18.0. The molecule has 4 rings (SSSR count). The van der Waals surface area contributed by atoms with E-state index in [1.165, 1.54) is 6.08 Å². The summed E-state index contributed by atoms with van der Waals surface area (Å²) in [4.78, 5) is 14.8. The van der Waals surface area contributed by atoms with E-state index < -0.39 is 0 Å². The lowest BCUT2D eigenvalue weighted by Crippen LogP contribution is -2.36. The maximum absolute atomic E-state index is 12.5. The van der Waals surface area contributed by atoms with E-state index in [0.29, 0.717) is 23.7 Å². The smallest absolute Gasteiger partial charge is 0.185 e. The van der Waals surface area contributed by atoms with Crippen molar-refractivity contribution in [3.8, 4) is 5.75 Å². The molecular weight excluding hydrogens is 390 g/mol. The molecule has 0 unspecified atom stereocenters. The van der Waals surface area contributed by atoms with Gasteiger partial charge in [0.05, 0.1) is 13.2 Å². The number of morpholine rings is 1. The van der Waals surface area contributed by atoms with Gasteiger partial charge in [-0.15, -0.1) is 0 Å². The third-order valence-electron chi connectivity index (χ3n) is 5.19. The highest BCUT2D eigenvalue weighted by molar-refractivity contribution is 6.06. The van der Waals surface area contributed by atoms with Gasteiger partial charge in [0.2, 0.25) is 0 Å². The lowest BCUT2D eigenvalue weighted by Gasteiger charge is -2.28. The number of furan rings is 1. The number of aryl methyl sites for hydroxylation is 2. The number of benzene rings is 2. The molecule has 1 aliphatic rings. The van der Waals surface area contributed by atoms with Crippen molar-refractivity contribution in [2.24, 2.45) is 0 Å². The Kier molecular flexibility index (Phi) is 6.53. The van der Waals surface area contributed by atoms with E-state index in [0.717, 1.165) is 48.9 Å². The summed E-state index contributed by atoms with van der Waals surface area (Å²) in [6.45, 7) is 7.66. The third kappa shape index (κ3) is 5.64. The first-order chi connectivity index (χ1) is 15.1. The molecule has 2 heterocycles. The van der Waals surface area contributed by atoms with Crippen molar-refractivity contribution in [2.45, 2.75) is 20.5 Å². The summed E-state index contributed by atoms with van der Waals surface area (Å²) in [5.41, 5.74) is 4.09. The Bertz CT molecular complexity index is 1040. The van der Waals surface area contributed by atoms with E-state index in [1.54, 1.807) is 6.08 Å². The van der Waals surface area contributed by atoms with Gasteiger partial charge in [-0.25, -0.2) is 0 Å². The summed E-state index contributed by atoms with van der Waals surface area (Å²) < 4.78 is 17.0. The van der Waals surface area contributed by atoms with Crippen molar-refractivity contribution in [3.05, 3.63) is 88.9 Å². The normalized spacial score (nSPS) is 14.2. The van der Waals surface area contributed by atoms with E-state index in [2.05, 4.69) is 11.0 Å². The Morgan fingerprint density at radius 2 is 1.71 bits per heavy atom. The maximum Gasteiger partial charge on any atom is 0.185 e. The second-order valence-corrected chi connectivity index (χ2v) is 7.76. The lowest BCUT2D eigenvalue weighted by atomic mass is 10.1. The van der Waals surface area contributed by atoms with Crippen LogP contribution in [-0.2, 0) is 11.3 Å². The Morgan fingerprint density at radius 3 is 2.42 bits per heavy atom. The molecule has 5 nitrogen and oxygen atoms in total. The van der Waals surface area contributed by atoms with Gasteiger partial charge in [-0.05, 0) is 85.7 Å². The average Bonchev–Trinajstić information content (AvgIpc) is 3.24. The number of carbonyl (C=O) groups excluding carboxylic acids is 1. The number of hydrogen-bond acceptors (Lipinski definition) is 5. The van der Waals surface area contributed by atoms with Crippen molar-refractivity contribution < 1.29 is 18.7 Å². The van der Waals surface area contributed by atoms with Crippen LogP contribution in [0.15, 0.2) is 65.1 Å². The molecule has 31 heavy (non-hydrogen) atoms. The zero-order valence-corrected chi connectivity index (χ0v) is 18.0. The SMILES string of the molecule is Cc1cc(C)cc(OCc2ccc(/C=C/C(=O)c3ccc(N4CCOCC4)cc3)o2)c1. The zero-order chi connectivity index (χ0) is 21.6. The number of ketones is 1. The molecule has 2 aromatic carbocycles. The predicted molar refractivity (Wildman–Crippen MR) is 122 cm³/mol. The van der Waals surface area contributed by atoms with Gasteiger partial charge < -0.3 is 18.8 Å². The van der Waals surface area contributed by atoms with Crippen LogP contribution < -0.4 is 9.64 Å². The van der Waals surface area contributed by atoms with Crippen LogP contribution in [0.2, 0.25) is 0 Å². The highest BCUT2D eigenvalue weighted by atomic mass is 16.5. The topological polar surface area (TPSA) is 51.9 Å². The van der Waals surface area contributed by atoms with Crippen LogP contribution in [-0.4, -0.2) is 32.1 Å². The first-order valence-electron chi connectivity index (χ1n) is 10.5. The van der Waals surface area contributed by atoms with E-state index in [1.807, 2.05) is 62.4 Å². The summed E-state index contributed by atoms with van der Waals surface area (Å²) in [7, 11) is 0. The number of nitrogens with zero attached hydrogens (tertiary/aromatic N) is 1. The first-order valence-corrected chi connectivity index (χ1v) is 10.5. The fourth-order valence-corrected chi connectivity index (χ4v) is 3.64. The molecule has 160 valence electrons. The van der Waals surface area contributed by atoms with Gasteiger partial charge in [-0.2, -0.15) is 0 Å². The molecule has 1 aromatic heterocycles. The quantitative estimate of drug-likeness (QED) is 0.390. The summed E-state index contributed by atoms with van der Waals surface area (Å²) in [6.07, 6.45) is 3.23. The fourth-order valence-electron chi connectivity index (χ4n) is 3.64. The summed E-state index contributed by atoms with van der Waals surface area (Å²) in [5, 5.41) is 0. The molecule has 0 N–H and O–H groups in total. The summed E-state index contributed by atoms with van der Waals surface area (Å²) in [6, 6.07) is 17.5. The minimum atomic E-state index is -0.0574. The standard InChI is InChI=1S/C26H27NO4/c1-19-15-20(2)17-25(16-19)30-18-24-8-7-23(31-24)9-10-26(28)21-3-5-22(6-4-21)27-11-13-29-14-12-27/h3-10,15-17H,11-14,18H2,1-2H3/b10-9+. The van der Waals surface area contributed by atoms with Crippen LogP contribution in [0.1, 0.15) is 33.0 Å². The monoisotopic (exact) mass is 417 g/mol. The highest BCUT2D eigenvalue weighted by Gasteiger charge is 2.11. The Morgan fingerprint density at radius 1 is 1.00 bits per heavy atom. The molecule has 0 amide bonds. The number of hydrogen-bond donors (Lipinski definition) is 0. The molecule has 0 spiro atoms. The molecule has 0 aliphatic carbocycles. The minimum absolute atomic E-state index is 0.0574. The number of carbonyl (C=O) groups is 1. The lowest BCUT2D eigenvalue weighted by molar-refractivity contribution is 0.104. The van der Waals surface area contributed by atoms with E-state index in [4.69, 9.17) is 13.9 Å². The minimum Gasteiger partial charge on any atom is -0.486 e.